The Kier molecular flexibility index (Phi) is 18.3. The van der Waals surface area contributed by atoms with Gasteiger partial charge in [0, 0.05) is 77.3 Å². The van der Waals surface area contributed by atoms with E-state index in [4.69, 9.17) is 8.83 Å². The zero-order chi connectivity index (χ0) is 84.1. The minimum Gasteiger partial charge on any atom is -0.455 e. The quantitative estimate of drug-likeness (QED) is 0.109. The Labute approximate surface area is 734 Å². The minimum absolute atomic E-state index is 0.194. The Bertz CT molecular complexity index is 7680. The smallest absolute Gasteiger partial charge is 0.143 e. The highest BCUT2D eigenvalue weighted by atomic mass is 16.3. The maximum Gasteiger partial charge on any atom is 0.143 e. The number of benzene rings is 20. The summed E-state index contributed by atoms with van der Waals surface area (Å²) in [6, 6.07) is 163. The maximum absolute atomic E-state index is 6.61. The summed E-state index contributed by atoms with van der Waals surface area (Å²) in [7, 11) is 0. The molecule has 0 spiro atoms. The van der Waals surface area contributed by atoms with Crippen molar-refractivity contribution in [3.05, 3.63) is 471 Å². The fourth-order valence-corrected chi connectivity index (χ4v) is 19.8. The van der Waals surface area contributed by atoms with Crippen molar-refractivity contribution in [2.24, 2.45) is 0 Å². The highest BCUT2D eigenvalue weighted by molar-refractivity contribution is 6.17. The highest BCUT2D eigenvalue weighted by Crippen LogP contribution is 2.55. The van der Waals surface area contributed by atoms with Crippen LogP contribution >= 0.6 is 0 Å². The zero-order valence-corrected chi connectivity index (χ0v) is 70.4. The van der Waals surface area contributed by atoms with E-state index < -0.39 is 0 Å². The third kappa shape index (κ3) is 13.2. The predicted octanol–water partition coefficient (Wildman–Crippen LogP) is 34.4. The van der Waals surface area contributed by atoms with Crippen molar-refractivity contribution in [2.75, 3.05) is 9.80 Å². The largest absolute Gasteiger partial charge is 0.455 e. The van der Waals surface area contributed by atoms with E-state index in [9.17, 15) is 0 Å². The fraction of sp³-hybridized carbons (Fsp3) is 0.0492. The summed E-state index contributed by atoms with van der Waals surface area (Å²) in [6.07, 6.45) is 0. The molecule has 0 N–H and O–H groups in total. The average molecular weight is 1610 g/mol. The van der Waals surface area contributed by atoms with E-state index in [1.165, 1.54) is 122 Å². The molecule has 4 nitrogen and oxygen atoms in total. The van der Waals surface area contributed by atoms with Crippen molar-refractivity contribution in [1.29, 1.82) is 0 Å². The van der Waals surface area contributed by atoms with Gasteiger partial charge in [0.05, 0.1) is 0 Å². The molecule has 0 unspecified atom stereocenters. The molecule has 20 aromatic carbocycles. The lowest BCUT2D eigenvalue weighted by molar-refractivity contribution is 0.660. The van der Waals surface area contributed by atoms with E-state index in [1.807, 2.05) is 0 Å². The van der Waals surface area contributed by atoms with E-state index >= 15 is 0 Å². The van der Waals surface area contributed by atoms with E-state index in [0.29, 0.717) is 0 Å². The summed E-state index contributed by atoms with van der Waals surface area (Å²) in [4.78, 5) is 4.80. The van der Waals surface area contributed by atoms with Crippen LogP contribution in [0, 0.1) is 0 Å². The molecule has 2 aromatic heterocycles. The Morgan fingerprint density at radius 3 is 0.746 bits per heavy atom. The number of anilines is 6. The Morgan fingerprint density at radius 1 is 0.167 bits per heavy atom. The van der Waals surface area contributed by atoms with Gasteiger partial charge in [0.15, 0.2) is 0 Å². The SMILES string of the molecule is CC1(C)c2cc(-c3ccccc3)ccc2-c2ccc(N(c3ccc(-c4ccc5c(c4)oc4c6ccccc6ccc54)cc3)c3ccc4c(c3)C(C)(C)c3cc(-c5ccccc5)ccc3-4)cc21.c1ccc(-c2cccc(-c3ccc(N(c4ccc(-c5cccc(-c6ccccc6)c5)cc4)c4ccc(-c5ccc6c(c5)oc5c7ccccc7ccc65)cc4)cc3)c2)cc1. The van der Waals surface area contributed by atoms with Crippen LogP contribution in [-0.4, -0.2) is 0 Å². The number of hydrogen-bond donors (Lipinski definition) is 0. The van der Waals surface area contributed by atoms with Crippen LogP contribution in [0.4, 0.5) is 34.1 Å². The normalized spacial score (nSPS) is 12.7. The van der Waals surface area contributed by atoms with Gasteiger partial charge in [-0.05, 0) is 278 Å². The minimum atomic E-state index is -0.194. The van der Waals surface area contributed by atoms with Crippen LogP contribution in [0.1, 0.15) is 49.9 Å². The van der Waals surface area contributed by atoms with Crippen molar-refractivity contribution in [2.45, 2.75) is 38.5 Å². The van der Waals surface area contributed by atoms with Gasteiger partial charge in [-0.3, -0.25) is 0 Å². The molecule has 596 valence electrons. The fourth-order valence-electron chi connectivity index (χ4n) is 19.8. The second-order valence-electron chi connectivity index (χ2n) is 34.7. The first-order valence-corrected chi connectivity index (χ1v) is 43.6. The number of nitrogens with zero attached hydrogens (tertiary/aromatic N) is 2. The van der Waals surface area contributed by atoms with E-state index in [1.54, 1.807) is 0 Å². The van der Waals surface area contributed by atoms with Crippen molar-refractivity contribution < 1.29 is 8.83 Å². The summed E-state index contributed by atoms with van der Waals surface area (Å²) in [5.41, 5.74) is 39.7. The molecule has 22 aromatic rings. The molecule has 4 heteroatoms. The first kappa shape index (κ1) is 75.1. The summed E-state index contributed by atoms with van der Waals surface area (Å²) >= 11 is 0. The second-order valence-corrected chi connectivity index (χ2v) is 34.7. The van der Waals surface area contributed by atoms with Crippen LogP contribution in [0.2, 0.25) is 0 Å². The molecular formula is C122H86N2O2. The lowest BCUT2D eigenvalue weighted by Gasteiger charge is -2.30. The van der Waals surface area contributed by atoms with Gasteiger partial charge in [-0.2, -0.15) is 0 Å². The van der Waals surface area contributed by atoms with Gasteiger partial charge in [-0.25, -0.2) is 0 Å². The number of hydrogen-bond acceptors (Lipinski definition) is 4. The number of fused-ring (bicyclic) bond motifs is 16. The molecule has 0 aliphatic heterocycles. The Morgan fingerprint density at radius 2 is 0.405 bits per heavy atom. The van der Waals surface area contributed by atoms with Crippen molar-refractivity contribution in [3.8, 4) is 111 Å². The lowest BCUT2D eigenvalue weighted by atomic mass is 9.81. The van der Waals surface area contributed by atoms with Crippen LogP contribution in [0.15, 0.2) is 458 Å². The lowest BCUT2D eigenvalue weighted by Crippen LogP contribution is -2.18. The molecule has 0 atom stereocenters. The first-order chi connectivity index (χ1) is 61.9. The van der Waals surface area contributed by atoms with E-state index in [2.05, 4.69) is 486 Å². The second kappa shape index (κ2) is 30.6. The molecule has 0 radical (unpaired) electrons. The van der Waals surface area contributed by atoms with Crippen molar-refractivity contribution in [3.63, 3.8) is 0 Å². The molecule has 2 aliphatic rings. The van der Waals surface area contributed by atoms with Gasteiger partial charge in [-0.15, -0.1) is 0 Å². The van der Waals surface area contributed by atoms with Gasteiger partial charge in [0.2, 0.25) is 0 Å². The molecule has 0 fully saturated rings. The van der Waals surface area contributed by atoms with E-state index in [0.717, 1.165) is 111 Å². The third-order valence-electron chi connectivity index (χ3n) is 26.6. The molecule has 0 amide bonds. The molecule has 0 saturated carbocycles. The van der Waals surface area contributed by atoms with E-state index in [-0.39, 0.29) is 10.8 Å². The topological polar surface area (TPSA) is 32.8 Å². The van der Waals surface area contributed by atoms with Gasteiger partial charge < -0.3 is 18.6 Å². The highest BCUT2D eigenvalue weighted by Gasteiger charge is 2.39. The van der Waals surface area contributed by atoms with Crippen LogP contribution in [0.3, 0.4) is 0 Å². The van der Waals surface area contributed by atoms with Crippen LogP contribution in [-0.2, 0) is 10.8 Å². The number of furan rings is 2. The molecule has 2 heterocycles. The van der Waals surface area contributed by atoms with Crippen molar-refractivity contribution >= 4 is 99.5 Å². The molecule has 0 bridgehead atoms. The summed E-state index contributed by atoms with van der Waals surface area (Å²) in [6.45, 7) is 9.54. The van der Waals surface area contributed by atoms with Gasteiger partial charge in [0.1, 0.15) is 22.3 Å². The van der Waals surface area contributed by atoms with Crippen LogP contribution < -0.4 is 9.80 Å². The molecule has 24 rings (SSSR count). The third-order valence-corrected chi connectivity index (χ3v) is 26.6. The standard InChI is InChI=1S/C64H47NO.C58H39NO/c1-63(2)57-35-44(40-13-7-5-8-14-40)22-29-51(57)53-33-27-48(38-59(53)63)65(49-28-34-54-52-30-23-45(41-15-9-6-10-16-41)36-58(52)64(3,4)60(54)39-49)47-25-19-42(20-26-47)46-24-31-55-56-32-21-43-17-11-12-18-50(43)62(56)66-61(55)37-46;1-3-11-40(12-4-1)46-16-9-18-48(37-46)42-21-29-51(30-22-42)59(52-31-23-43(24-32-52)49-19-10-17-47(38-49)41-13-5-2-6-14-41)53-33-25-44(26-34-53)50-28-35-55-56-36-27-45-15-7-8-20-54(45)58(56)60-57(55)39-50/h5-39H,1-4H3;1-39H. The van der Waals surface area contributed by atoms with Gasteiger partial charge >= 0.3 is 0 Å². The van der Waals surface area contributed by atoms with Gasteiger partial charge in [0.25, 0.3) is 0 Å². The predicted molar refractivity (Wildman–Crippen MR) is 530 cm³/mol. The van der Waals surface area contributed by atoms with Crippen molar-refractivity contribution in [1.82, 2.24) is 0 Å². The first-order valence-electron chi connectivity index (χ1n) is 43.6. The molecule has 2 aliphatic carbocycles. The molecular weight excluding hydrogens is 1530 g/mol. The monoisotopic (exact) mass is 1610 g/mol. The Hall–Kier alpha value is -15.9. The van der Waals surface area contributed by atoms with Crippen LogP contribution in [0.25, 0.3) is 177 Å². The van der Waals surface area contributed by atoms with Crippen LogP contribution in [0.5, 0.6) is 0 Å². The molecule has 0 saturated heterocycles. The number of rotatable bonds is 14. The summed E-state index contributed by atoms with van der Waals surface area (Å²) in [5, 5.41) is 9.21. The zero-order valence-electron chi connectivity index (χ0n) is 70.4. The molecule has 126 heavy (non-hydrogen) atoms. The van der Waals surface area contributed by atoms with Gasteiger partial charge in [-0.1, -0.05) is 343 Å². The Balaban J connectivity index is 0.000000146. The maximum atomic E-state index is 6.61. The summed E-state index contributed by atoms with van der Waals surface area (Å²) in [5.74, 6) is 0. The summed E-state index contributed by atoms with van der Waals surface area (Å²) < 4.78 is 13.1. The average Bonchev–Trinajstić information content (AvgIpc) is 1.55.